The highest BCUT2D eigenvalue weighted by Crippen LogP contribution is 2.22. The molecule has 4 rings (SSSR count). The van der Waals surface area contributed by atoms with Gasteiger partial charge in [0.1, 0.15) is 5.82 Å². The number of amides is 1. The number of aryl methyl sites for hydroxylation is 1. The van der Waals surface area contributed by atoms with E-state index in [0.717, 1.165) is 50.3 Å². The smallest absolute Gasteiger partial charge is 0.255 e. The largest absolute Gasteiger partial charge is 0.366 e. The van der Waals surface area contributed by atoms with Crippen LogP contribution in [0.25, 0.3) is 0 Å². The van der Waals surface area contributed by atoms with E-state index in [4.69, 9.17) is 0 Å². The summed E-state index contributed by atoms with van der Waals surface area (Å²) in [7, 11) is 0. The lowest BCUT2D eigenvalue weighted by atomic mass is 9.93. The fraction of sp³-hybridized carbons (Fsp3) is 0.364. The monoisotopic (exact) mass is 390 g/mol. The minimum atomic E-state index is 0.0729. The lowest BCUT2D eigenvalue weighted by molar-refractivity contribution is 0.0684. The molecule has 29 heavy (non-hydrogen) atoms. The summed E-state index contributed by atoms with van der Waals surface area (Å²) < 4.78 is 1.98. The van der Waals surface area contributed by atoms with Gasteiger partial charge in [-0.3, -0.25) is 14.5 Å². The summed E-state index contributed by atoms with van der Waals surface area (Å²) in [5, 5.41) is 7.53. The number of nitrogens with one attached hydrogen (secondary N) is 1. The van der Waals surface area contributed by atoms with E-state index < -0.39 is 0 Å². The molecule has 1 fully saturated rings. The number of carbonyl (C=O) groups excluding carboxylic acids is 1. The van der Waals surface area contributed by atoms with Crippen LogP contribution in [0.3, 0.4) is 0 Å². The van der Waals surface area contributed by atoms with Crippen LogP contribution in [0, 0.1) is 5.92 Å². The van der Waals surface area contributed by atoms with Gasteiger partial charge in [0.15, 0.2) is 0 Å². The van der Waals surface area contributed by atoms with Gasteiger partial charge in [-0.25, -0.2) is 4.98 Å². The van der Waals surface area contributed by atoms with Crippen molar-refractivity contribution in [1.82, 2.24) is 24.6 Å². The van der Waals surface area contributed by atoms with Crippen LogP contribution in [0.5, 0.6) is 0 Å². The maximum Gasteiger partial charge on any atom is 0.255 e. The molecule has 0 aliphatic carbocycles. The quantitative estimate of drug-likeness (QED) is 0.670. The van der Waals surface area contributed by atoms with Gasteiger partial charge in [0.25, 0.3) is 5.91 Å². The number of pyridine rings is 2. The van der Waals surface area contributed by atoms with Crippen LogP contribution >= 0.6 is 0 Å². The summed E-state index contributed by atoms with van der Waals surface area (Å²) >= 11 is 0. The van der Waals surface area contributed by atoms with Gasteiger partial charge in [-0.2, -0.15) is 5.10 Å². The summed E-state index contributed by atoms with van der Waals surface area (Å²) in [5.41, 5.74) is 1.78. The van der Waals surface area contributed by atoms with Crippen LogP contribution in [0.2, 0.25) is 0 Å². The van der Waals surface area contributed by atoms with Gasteiger partial charge in [0.05, 0.1) is 5.56 Å². The first kappa shape index (κ1) is 19.1. The second kappa shape index (κ2) is 9.32. The summed E-state index contributed by atoms with van der Waals surface area (Å²) in [6, 6.07) is 9.60. The highest BCUT2D eigenvalue weighted by atomic mass is 16.2. The first-order valence-corrected chi connectivity index (χ1v) is 10.1. The number of nitrogens with zero attached hydrogens (tertiary/aromatic N) is 5. The number of hydrogen-bond acceptors (Lipinski definition) is 5. The first-order chi connectivity index (χ1) is 14.3. The van der Waals surface area contributed by atoms with Crippen molar-refractivity contribution in [3.8, 4) is 0 Å². The molecule has 0 radical (unpaired) electrons. The fourth-order valence-corrected chi connectivity index (χ4v) is 3.67. The Hall–Kier alpha value is -3.22. The van der Waals surface area contributed by atoms with Gasteiger partial charge >= 0.3 is 0 Å². The van der Waals surface area contributed by atoms with Crippen molar-refractivity contribution < 1.29 is 4.79 Å². The minimum absolute atomic E-state index is 0.0729. The van der Waals surface area contributed by atoms with Crippen LogP contribution in [-0.2, 0) is 13.1 Å². The number of hydrogen-bond donors (Lipinski definition) is 1. The van der Waals surface area contributed by atoms with Gasteiger partial charge in [0.2, 0.25) is 0 Å². The molecule has 1 aliphatic rings. The third-order valence-electron chi connectivity index (χ3n) is 5.46. The normalized spacial score (nSPS) is 14.7. The Bertz CT molecular complexity index is 887. The Kier molecular flexibility index (Phi) is 6.14. The molecule has 3 aromatic heterocycles. The Morgan fingerprint density at radius 3 is 2.62 bits per heavy atom. The Morgan fingerprint density at radius 1 is 1.10 bits per heavy atom. The third kappa shape index (κ3) is 5.19. The van der Waals surface area contributed by atoms with Gasteiger partial charge in [-0.05, 0) is 61.1 Å². The molecule has 0 saturated carbocycles. The van der Waals surface area contributed by atoms with Crippen molar-refractivity contribution >= 4 is 11.7 Å². The van der Waals surface area contributed by atoms with Crippen LogP contribution in [0.4, 0.5) is 5.82 Å². The van der Waals surface area contributed by atoms with Crippen molar-refractivity contribution in [2.24, 2.45) is 5.92 Å². The molecule has 4 heterocycles. The summed E-state index contributed by atoms with van der Waals surface area (Å²) in [6.45, 7) is 3.24. The SMILES string of the molecule is O=C(c1ccc(NCc2ccncc2)nc1)N1CCC(CCn2cccn2)CC1. The second-order valence-electron chi connectivity index (χ2n) is 7.43. The van der Waals surface area contributed by atoms with E-state index in [1.54, 1.807) is 18.6 Å². The van der Waals surface area contributed by atoms with Gasteiger partial charge in [0, 0.05) is 57.2 Å². The molecule has 1 saturated heterocycles. The Morgan fingerprint density at radius 2 is 1.93 bits per heavy atom. The number of rotatable bonds is 7. The van der Waals surface area contributed by atoms with E-state index in [1.165, 1.54) is 0 Å². The van der Waals surface area contributed by atoms with Gasteiger partial charge in [-0.15, -0.1) is 0 Å². The van der Waals surface area contributed by atoms with Crippen molar-refractivity contribution in [3.05, 3.63) is 72.4 Å². The van der Waals surface area contributed by atoms with Gasteiger partial charge in [-0.1, -0.05) is 0 Å². The maximum atomic E-state index is 12.8. The molecule has 7 heteroatoms. The maximum absolute atomic E-state index is 12.8. The van der Waals surface area contributed by atoms with Crippen LogP contribution in [0.1, 0.15) is 35.2 Å². The highest BCUT2D eigenvalue weighted by Gasteiger charge is 2.23. The number of aromatic nitrogens is 4. The number of carbonyl (C=O) groups is 1. The van der Waals surface area contributed by atoms with Crippen LogP contribution in [0.15, 0.2) is 61.3 Å². The predicted molar refractivity (Wildman–Crippen MR) is 111 cm³/mol. The van der Waals surface area contributed by atoms with E-state index in [2.05, 4.69) is 20.4 Å². The average molecular weight is 390 g/mol. The molecular formula is C22H26N6O. The van der Waals surface area contributed by atoms with Crippen molar-refractivity contribution in [2.75, 3.05) is 18.4 Å². The topological polar surface area (TPSA) is 75.9 Å². The first-order valence-electron chi connectivity index (χ1n) is 10.1. The van der Waals surface area contributed by atoms with E-state index in [9.17, 15) is 4.79 Å². The molecule has 0 atom stereocenters. The van der Waals surface area contributed by atoms with Gasteiger partial charge < -0.3 is 10.2 Å². The van der Waals surface area contributed by atoms with Crippen molar-refractivity contribution in [1.29, 1.82) is 0 Å². The Labute approximate surface area is 170 Å². The zero-order valence-corrected chi connectivity index (χ0v) is 16.4. The molecule has 1 amide bonds. The lowest BCUT2D eigenvalue weighted by Gasteiger charge is -2.32. The molecule has 1 N–H and O–H groups in total. The zero-order valence-electron chi connectivity index (χ0n) is 16.4. The standard InChI is InChI=1S/C22H26N6O/c29-22(27-13-6-18(7-14-27)8-15-28-12-1-9-26-28)20-2-3-21(25-17-20)24-16-19-4-10-23-11-5-19/h1-5,9-12,17-18H,6-8,13-16H2,(H,24,25). The molecule has 0 bridgehead atoms. The molecule has 0 spiro atoms. The summed E-state index contributed by atoms with van der Waals surface area (Å²) in [4.78, 5) is 23.1. The average Bonchev–Trinajstić information content (AvgIpc) is 3.31. The number of piperidine rings is 1. The second-order valence-corrected chi connectivity index (χ2v) is 7.43. The lowest BCUT2D eigenvalue weighted by Crippen LogP contribution is -2.38. The molecule has 7 nitrogen and oxygen atoms in total. The summed E-state index contributed by atoms with van der Waals surface area (Å²) in [6.07, 6.45) is 12.2. The molecular weight excluding hydrogens is 364 g/mol. The summed E-state index contributed by atoms with van der Waals surface area (Å²) in [5.74, 6) is 1.49. The molecule has 150 valence electrons. The van der Waals surface area contributed by atoms with Crippen LogP contribution < -0.4 is 5.32 Å². The molecule has 0 unspecified atom stereocenters. The molecule has 3 aromatic rings. The zero-order chi connectivity index (χ0) is 19.9. The predicted octanol–water partition coefficient (Wildman–Crippen LogP) is 3.23. The Balaban J connectivity index is 1.24. The molecule has 1 aliphatic heterocycles. The third-order valence-corrected chi connectivity index (χ3v) is 5.46. The molecule has 0 aromatic carbocycles. The number of anilines is 1. The van der Waals surface area contributed by atoms with Crippen molar-refractivity contribution in [3.63, 3.8) is 0 Å². The van der Waals surface area contributed by atoms with E-state index in [0.29, 0.717) is 18.0 Å². The van der Waals surface area contributed by atoms with E-state index in [-0.39, 0.29) is 5.91 Å². The van der Waals surface area contributed by atoms with E-state index in [1.807, 2.05) is 52.3 Å². The van der Waals surface area contributed by atoms with E-state index >= 15 is 0 Å². The fourth-order valence-electron chi connectivity index (χ4n) is 3.67. The highest BCUT2D eigenvalue weighted by molar-refractivity contribution is 5.94. The van der Waals surface area contributed by atoms with Crippen molar-refractivity contribution in [2.45, 2.75) is 32.4 Å². The number of likely N-dealkylation sites (tertiary alicyclic amines) is 1. The van der Waals surface area contributed by atoms with Crippen LogP contribution in [-0.4, -0.2) is 43.6 Å². The minimum Gasteiger partial charge on any atom is -0.366 e.